The molecule has 3 heterocycles. The zero-order chi connectivity index (χ0) is 32.2. The van der Waals surface area contributed by atoms with Crippen LogP contribution in [0.4, 0.5) is 5.82 Å². The summed E-state index contributed by atoms with van der Waals surface area (Å²) in [5, 5.41) is 8.30. The van der Waals surface area contributed by atoms with E-state index in [0.29, 0.717) is 34.6 Å². The lowest BCUT2D eigenvalue weighted by Gasteiger charge is -2.24. The van der Waals surface area contributed by atoms with Crippen molar-refractivity contribution < 1.29 is 19.1 Å². The number of carbonyl (C=O) groups excluding carboxylic acids is 2. The van der Waals surface area contributed by atoms with E-state index in [2.05, 4.69) is 10.3 Å². The number of halogens is 1. The molecule has 2 aromatic heterocycles. The van der Waals surface area contributed by atoms with Gasteiger partial charge in [-0.05, 0) is 67.1 Å². The first kappa shape index (κ1) is 31.2. The average molecular weight is 654 g/mol. The monoisotopic (exact) mass is 653 g/mol. The van der Waals surface area contributed by atoms with E-state index in [1.165, 1.54) is 11.8 Å². The lowest BCUT2D eigenvalue weighted by molar-refractivity contribution is -0.123. The molecule has 46 heavy (non-hydrogen) atoms. The van der Waals surface area contributed by atoms with Crippen molar-refractivity contribution in [2.24, 2.45) is 0 Å². The van der Waals surface area contributed by atoms with Crippen LogP contribution in [0.5, 0.6) is 11.5 Å². The molecule has 11 heteroatoms. The van der Waals surface area contributed by atoms with Gasteiger partial charge in [-0.25, -0.2) is 4.68 Å². The molecule has 2 amide bonds. The summed E-state index contributed by atoms with van der Waals surface area (Å²) in [5.41, 5.74) is 5.80. The zero-order valence-electron chi connectivity index (χ0n) is 25.6. The number of nitrogens with one attached hydrogen (secondary N) is 1. The average Bonchev–Trinajstić information content (AvgIpc) is 3.40. The number of methoxy groups -OCH3 is 2. The first-order valence-corrected chi connectivity index (χ1v) is 16.0. The van der Waals surface area contributed by atoms with Crippen molar-refractivity contribution in [3.8, 4) is 28.4 Å². The van der Waals surface area contributed by atoms with Crippen LogP contribution in [0, 0.1) is 6.92 Å². The number of pyridine rings is 1. The van der Waals surface area contributed by atoms with Crippen LogP contribution >= 0.6 is 23.4 Å². The number of aryl methyl sites for hydroxylation is 1. The van der Waals surface area contributed by atoms with Gasteiger partial charge < -0.3 is 14.8 Å². The molecule has 0 radical (unpaired) electrons. The van der Waals surface area contributed by atoms with Crippen molar-refractivity contribution in [1.82, 2.24) is 20.1 Å². The van der Waals surface area contributed by atoms with Gasteiger partial charge in [-0.3, -0.25) is 19.5 Å². The molecule has 5 aromatic rings. The minimum absolute atomic E-state index is 0.116. The second kappa shape index (κ2) is 13.7. The van der Waals surface area contributed by atoms with Crippen LogP contribution in [0.15, 0.2) is 91.3 Å². The van der Waals surface area contributed by atoms with Crippen molar-refractivity contribution in [2.45, 2.75) is 18.7 Å². The van der Waals surface area contributed by atoms with Gasteiger partial charge >= 0.3 is 0 Å². The van der Waals surface area contributed by atoms with Gasteiger partial charge in [0.1, 0.15) is 23.9 Å². The first-order valence-electron chi connectivity index (χ1n) is 14.6. The van der Waals surface area contributed by atoms with Gasteiger partial charge in [-0.15, -0.1) is 11.8 Å². The Balaban J connectivity index is 1.56. The number of rotatable bonds is 9. The quantitative estimate of drug-likeness (QED) is 0.197. The van der Waals surface area contributed by atoms with Crippen LogP contribution in [0.25, 0.3) is 16.9 Å². The van der Waals surface area contributed by atoms with Crippen molar-refractivity contribution in [2.75, 3.05) is 31.4 Å². The van der Waals surface area contributed by atoms with E-state index < -0.39 is 5.25 Å². The van der Waals surface area contributed by atoms with E-state index in [9.17, 15) is 9.59 Å². The smallest absolute Gasteiger partial charge is 0.240 e. The Labute approximate surface area is 276 Å². The largest absolute Gasteiger partial charge is 0.497 e. The van der Waals surface area contributed by atoms with Gasteiger partial charge in [0.25, 0.3) is 0 Å². The fourth-order valence-electron chi connectivity index (χ4n) is 5.40. The Kier molecular flexibility index (Phi) is 9.28. The normalized spacial score (nSPS) is 14.4. The third-order valence-electron chi connectivity index (χ3n) is 7.75. The molecule has 9 nitrogen and oxygen atoms in total. The molecular formula is C35H32ClN5O4S. The third-order valence-corrected chi connectivity index (χ3v) is 9.23. The number of hydrogen-bond donors (Lipinski definition) is 1. The number of amides is 2. The number of carbonyl (C=O) groups is 2. The summed E-state index contributed by atoms with van der Waals surface area (Å²) in [4.78, 5) is 33.1. The highest BCUT2D eigenvalue weighted by molar-refractivity contribution is 8.00. The van der Waals surface area contributed by atoms with E-state index in [1.807, 2.05) is 85.8 Å². The summed E-state index contributed by atoms with van der Waals surface area (Å²) >= 11 is 7.75. The fraction of sp³-hybridized carbons (Fsp3) is 0.200. The first-order chi connectivity index (χ1) is 22.4. The molecule has 3 aromatic carbocycles. The minimum Gasteiger partial charge on any atom is -0.497 e. The molecule has 6 rings (SSSR count). The van der Waals surface area contributed by atoms with E-state index in [4.69, 9.17) is 26.2 Å². The van der Waals surface area contributed by atoms with Crippen LogP contribution in [0.1, 0.15) is 27.5 Å². The molecule has 0 bridgehead atoms. The Morgan fingerprint density at radius 3 is 2.43 bits per heavy atom. The zero-order valence-corrected chi connectivity index (χ0v) is 27.1. The van der Waals surface area contributed by atoms with Gasteiger partial charge in [-0.2, -0.15) is 5.10 Å². The Hall–Kier alpha value is -4.80. The Bertz CT molecular complexity index is 1860. The number of aromatic nitrogens is 3. The second-order valence-corrected chi connectivity index (χ2v) is 12.3. The van der Waals surface area contributed by atoms with Crippen molar-refractivity contribution in [3.63, 3.8) is 0 Å². The molecule has 0 fully saturated rings. The molecule has 1 atom stereocenters. The van der Waals surface area contributed by atoms with E-state index in [0.717, 1.165) is 33.5 Å². The highest BCUT2D eigenvalue weighted by atomic mass is 35.5. The summed E-state index contributed by atoms with van der Waals surface area (Å²) in [6, 6.07) is 24.6. The van der Waals surface area contributed by atoms with Crippen LogP contribution in [0.3, 0.4) is 0 Å². The van der Waals surface area contributed by atoms with E-state index in [-0.39, 0.29) is 24.1 Å². The summed E-state index contributed by atoms with van der Waals surface area (Å²) < 4.78 is 13.2. The van der Waals surface area contributed by atoms with Gasteiger partial charge in [0.2, 0.25) is 11.8 Å². The number of thioether (sulfide) groups is 1. The predicted octanol–water partition coefficient (Wildman–Crippen LogP) is 6.40. The highest BCUT2D eigenvalue weighted by Gasteiger charge is 2.39. The van der Waals surface area contributed by atoms with Crippen LogP contribution in [-0.4, -0.2) is 53.1 Å². The van der Waals surface area contributed by atoms with Crippen LogP contribution < -0.4 is 19.7 Å². The Morgan fingerprint density at radius 1 is 1.00 bits per heavy atom. The Morgan fingerprint density at radius 2 is 1.74 bits per heavy atom. The molecule has 1 aliphatic rings. The lowest BCUT2D eigenvalue weighted by Crippen LogP contribution is -2.42. The molecule has 0 saturated carbocycles. The SMILES string of the molecule is COc1ccc(OC)c(C2SCC(=O)N(CC(=O)NCc3ccncc3)c3c2c(-c2ccc(Cl)cc2)nn3-c2ccc(C)cc2)c1. The summed E-state index contributed by atoms with van der Waals surface area (Å²) in [6.07, 6.45) is 3.35. The van der Waals surface area contributed by atoms with Gasteiger partial charge in [0.15, 0.2) is 0 Å². The van der Waals surface area contributed by atoms with Gasteiger partial charge in [0.05, 0.1) is 36.6 Å². The van der Waals surface area contributed by atoms with Gasteiger partial charge in [0, 0.05) is 40.7 Å². The predicted molar refractivity (Wildman–Crippen MR) is 181 cm³/mol. The molecule has 1 unspecified atom stereocenters. The summed E-state index contributed by atoms with van der Waals surface area (Å²) in [5.74, 6) is 1.41. The fourth-order valence-corrected chi connectivity index (χ4v) is 6.74. The lowest BCUT2D eigenvalue weighted by atomic mass is 9.98. The maximum absolute atomic E-state index is 14.1. The third kappa shape index (κ3) is 6.45. The molecular weight excluding hydrogens is 622 g/mol. The molecule has 1 N–H and O–H groups in total. The molecule has 0 aliphatic carbocycles. The molecule has 1 aliphatic heterocycles. The highest BCUT2D eigenvalue weighted by Crippen LogP contribution is 2.51. The number of ether oxygens (including phenoxy) is 2. The van der Waals surface area contributed by atoms with Gasteiger partial charge in [-0.1, -0.05) is 41.4 Å². The number of benzene rings is 3. The topological polar surface area (TPSA) is 98.6 Å². The van der Waals surface area contributed by atoms with Crippen LogP contribution in [0.2, 0.25) is 5.02 Å². The number of hydrogen-bond acceptors (Lipinski definition) is 7. The number of anilines is 1. The second-order valence-electron chi connectivity index (χ2n) is 10.8. The number of nitrogens with zero attached hydrogens (tertiary/aromatic N) is 4. The standard InChI is InChI=1S/C35H32ClN5O4S/c1-22-4-10-26(11-5-22)41-35-32(33(39-41)24-6-8-25(36)9-7-24)34(28-18-27(44-2)12-13-29(28)45-3)46-21-31(43)40(35)20-30(42)38-19-23-14-16-37-17-15-23/h4-18,34H,19-21H2,1-3H3,(H,38,42). The van der Waals surface area contributed by atoms with Crippen molar-refractivity contribution in [3.05, 3.63) is 119 Å². The molecule has 0 spiro atoms. The number of fused-ring (bicyclic) bond motifs is 1. The van der Waals surface area contributed by atoms with Crippen molar-refractivity contribution in [1.29, 1.82) is 0 Å². The maximum Gasteiger partial charge on any atom is 0.240 e. The van der Waals surface area contributed by atoms with E-state index >= 15 is 0 Å². The van der Waals surface area contributed by atoms with Crippen LogP contribution in [-0.2, 0) is 16.1 Å². The summed E-state index contributed by atoms with van der Waals surface area (Å²) in [6.45, 7) is 2.12. The molecule has 234 valence electrons. The van der Waals surface area contributed by atoms with Crippen molar-refractivity contribution >= 4 is 41.0 Å². The summed E-state index contributed by atoms with van der Waals surface area (Å²) in [7, 11) is 3.23. The molecule has 0 saturated heterocycles. The van der Waals surface area contributed by atoms with E-state index in [1.54, 1.807) is 36.2 Å². The maximum atomic E-state index is 14.1. The minimum atomic E-state index is -0.404.